The van der Waals surface area contributed by atoms with Crippen molar-refractivity contribution < 1.29 is 4.79 Å². The maximum atomic E-state index is 10.6. The van der Waals surface area contributed by atoms with Gasteiger partial charge in [-0.2, -0.15) is 0 Å². The number of hydrogen-bond acceptors (Lipinski definition) is 3. The minimum Gasteiger partial charge on any atom is -0.261 e. The molecule has 4 nitrogen and oxygen atoms in total. The fourth-order valence-corrected chi connectivity index (χ4v) is 0.789. The lowest BCUT2D eigenvalue weighted by molar-refractivity contribution is 0.0996. The second kappa shape index (κ2) is 3.21. The number of nitrogens with zero attached hydrogens (tertiary/aromatic N) is 2. The summed E-state index contributed by atoms with van der Waals surface area (Å²) in [7, 11) is 0. The smallest absolute Gasteiger partial charge is 0.261 e. The zero-order chi connectivity index (χ0) is 8.27. The van der Waals surface area contributed by atoms with Crippen molar-refractivity contribution in [3.8, 4) is 0 Å². The number of rotatable bonds is 1. The Balaban J connectivity index is 3.13. The molecule has 0 saturated heterocycles. The van der Waals surface area contributed by atoms with Crippen LogP contribution in [0.3, 0.4) is 0 Å². The van der Waals surface area contributed by atoms with Crippen molar-refractivity contribution in [2.45, 2.75) is 0 Å². The highest BCUT2D eigenvalue weighted by Gasteiger charge is 2.10. The van der Waals surface area contributed by atoms with Gasteiger partial charge in [-0.25, -0.2) is 4.98 Å². The fourth-order valence-electron chi connectivity index (χ4n) is 0.586. The van der Waals surface area contributed by atoms with Crippen LogP contribution in [-0.2, 0) is 0 Å². The molecule has 0 saturated carbocycles. The lowest BCUT2D eigenvalue weighted by atomic mass is 10.3. The van der Waals surface area contributed by atoms with Gasteiger partial charge in [0.1, 0.15) is 0 Å². The first-order valence-corrected chi connectivity index (χ1v) is 3.11. The van der Waals surface area contributed by atoms with E-state index in [0.29, 0.717) is 0 Å². The maximum Gasteiger partial charge on any atom is 0.336 e. The SMILES string of the molecule is O=NC(=O)c1ncccc1Cl. The van der Waals surface area contributed by atoms with Gasteiger partial charge in [-0.15, -0.1) is 4.91 Å². The highest BCUT2D eigenvalue weighted by molar-refractivity contribution is 6.33. The summed E-state index contributed by atoms with van der Waals surface area (Å²) in [5.74, 6) is -0.949. The normalized spacial score (nSPS) is 9.18. The summed E-state index contributed by atoms with van der Waals surface area (Å²) >= 11 is 5.52. The summed E-state index contributed by atoms with van der Waals surface area (Å²) < 4.78 is 0. The third kappa shape index (κ3) is 1.59. The van der Waals surface area contributed by atoms with Crippen molar-refractivity contribution in [3.63, 3.8) is 0 Å². The molecule has 0 aromatic carbocycles. The Morgan fingerprint density at radius 3 is 2.91 bits per heavy atom. The number of hydrogen-bond donors (Lipinski definition) is 0. The van der Waals surface area contributed by atoms with Gasteiger partial charge >= 0.3 is 5.91 Å². The predicted molar refractivity (Wildman–Crippen MR) is 39.4 cm³/mol. The van der Waals surface area contributed by atoms with Gasteiger partial charge in [0, 0.05) is 11.4 Å². The molecule has 0 aliphatic carbocycles. The molecule has 0 aliphatic heterocycles. The quantitative estimate of drug-likeness (QED) is 0.602. The molecule has 0 N–H and O–H groups in total. The van der Waals surface area contributed by atoms with Crippen LogP contribution in [0.1, 0.15) is 10.5 Å². The Morgan fingerprint density at radius 2 is 2.36 bits per heavy atom. The molecule has 0 atom stereocenters. The molecule has 56 valence electrons. The van der Waals surface area contributed by atoms with Crippen LogP contribution in [0.5, 0.6) is 0 Å². The van der Waals surface area contributed by atoms with Crippen molar-refractivity contribution in [1.29, 1.82) is 0 Å². The first-order chi connectivity index (χ1) is 5.25. The number of carbonyl (C=O) groups is 1. The van der Waals surface area contributed by atoms with Crippen LogP contribution in [0.2, 0.25) is 5.02 Å². The average molecular weight is 171 g/mol. The van der Waals surface area contributed by atoms with Gasteiger partial charge in [0.25, 0.3) is 0 Å². The summed E-state index contributed by atoms with van der Waals surface area (Å²) in [6, 6.07) is 3.02. The molecule has 0 radical (unpaired) electrons. The van der Waals surface area contributed by atoms with Crippen LogP contribution < -0.4 is 0 Å². The van der Waals surface area contributed by atoms with Crippen molar-refractivity contribution in [3.05, 3.63) is 34.0 Å². The second-order valence-corrected chi connectivity index (χ2v) is 2.14. The van der Waals surface area contributed by atoms with Crippen LogP contribution in [0.25, 0.3) is 0 Å². The Hall–Kier alpha value is -1.29. The molecule has 11 heavy (non-hydrogen) atoms. The minimum absolute atomic E-state index is 0.107. The van der Waals surface area contributed by atoms with Gasteiger partial charge in [-0.1, -0.05) is 11.6 Å². The summed E-state index contributed by atoms with van der Waals surface area (Å²) in [5, 5.41) is 2.32. The van der Waals surface area contributed by atoms with E-state index in [1.165, 1.54) is 12.3 Å². The molecule has 0 aliphatic rings. The van der Waals surface area contributed by atoms with Gasteiger partial charge in [-0.3, -0.25) is 4.79 Å². The number of amides is 1. The van der Waals surface area contributed by atoms with E-state index in [-0.39, 0.29) is 10.7 Å². The molecule has 1 aromatic rings. The van der Waals surface area contributed by atoms with Crippen molar-refractivity contribution in [2.75, 3.05) is 0 Å². The number of carbonyl (C=O) groups excluding carboxylic acids is 1. The monoisotopic (exact) mass is 170 g/mol. The van der Waals surface area contributed by atoms with Gasteiger partial charge in [0.15, 0.2) is 5.69 Å². The minimum atomic E-state index is -0.949. The molecule has 1 heterocycles. The van der Waals surface area contributed by atoms with E-state index in [0.717, 1.165) is 0 Å². The second-order valence-electron chi connectivity index (χ2n) is 1.73. The summed E-state index contributed by atoms with van der Waals surface area (Å²) in [6.07, 6.45) is 1.37. The molecule has 5 heteroatoms. The van der Waals surface area contributed by atoms with Crippen LogP contribution in [0.15, 0.2) is 23.5 Å². The first kappa shape index (κ1) is 7.81. The predicted octanol–water partition coefficient (Wildman–Crippen LogP) is 1.64. The fraction of sp³-hybridized carbons (Fsp3) is 0. The average Bonchev–Trinajstić information content (AvgIpc) is 2.04. The van der Waals surface area contributed by atoms with Crippen molar-refractivity contribution in [1.82, 2.24) is 4.98 Å². The van der Waals surface area contributed by atoms with Gasteiger partial charge < -0.3 is 0 Å². The number of pyridine rings is 1. The topological polar surface area (TPSA) is 59.4 Å². The third-order valence-corrected chi connectivity index (χ3v) is 1.35. The molecule has 0 bridgehead atoms. The zero-order valence-corrected chi connectivity index (χ0v) is 6.08. The lowest BCUT2D eigenvalue weighted by Gasteiger charge is -1.92. The van der Waals surface area contributed by atoms with E-state index in [1.807, 2.05) is 0 Å². The lowest BCUT2D eigenvalue weighted by Crippen LogP contribution is -1.97. The van der Waals surface area contributed by atoms with Crippen LogP contribution >= 0.6 is 11.6 Å². The summed E-state index contributed by atoms with van der Waals surface area (Å²) in [5.41, 5.74) is -0.107. The standard InChI is InChI=1S/C6H3ClN2O2/c7-4-2-1-3-8-5(4)6(10)9-11/h1-3H. The third-order valence-electron chi connectivity index (χ3n) is 1.04. The van der Waals surface area contributed by atoms with Crippen molar-refractivity contribution in [2.24, 2.45) is 5.18 Å². The highest BCUT2D eigenvalue weighted by atomic mass is 35.5. The molecular formula is C6H3ClN2O2. The van der Waals surface area contributed by atoms with Crippen molar-refractivity contribution >= 4 is 17.5 Å². The zero-order valence-electron chi connectivity index (χ0n) is 5.32. The van der Waals surface area contributed by atoms with E-state index >= 15 is 0 Å². The largest absolute Gasteiger partial charge is 0.336 e. The van der Waals surface area contributed by atoms with Gasteiger partial charge in [0.2, 0.25) is 0 Å². The Bertz CT molecular complexity index is 300. The van der Waals surface area contributed by atoms with E-state index in [2.05, 4.69) is 10.2 Å². The molecule has 0 spiro atoms. The number of aromatic nitrogens is 1. The van der Waals surface area contributed by atoms with E-state index in [4.69, 9.17) is 11.6 Å². The first-order valence-electron chi connectivity index (χ1n) is 2.74. The number of halogens is 1. The highest BCUT2D eigenvalue weighted by Crippen LogP contribution is 2.12. The molecule has 1 aromatic heterocycles. The van der Waals surface area contributed by atoms with Crippen LogP contribution in [0, 0.1) is 4.91 Å². The molecule has 1 rings (SSSR count). The molecule has 0 unspecified atom stereocenters. The Labute approximate surface area is 67.2 Å². The Morgan fingerprint density at radius 1 is 1.64 bits per heavy atom. The maximum absolute atomic E-state index is 10.6. The van der Waals surface area contributed by atoms with Crippen LogP contribution in [-0.4, -0.2) is 10.9 Å². The Kier molecular flexibility index (Phi) is 2.28. The van der Waals surface area contributed by atoms with Gasteiger partial charge in [0.05, 0.1) is 5.02 Å². The molecular weight excluding hydrogens is 168 g/mol. The van der Waals surface area contributed by atoms with E-state index in [1.54, 1.807) is 6.07 Å². The molecule has 0 fully saturated rings. The molecule has 1 amide bonds. The summed E-state index contributed by atoms with van der Waals surface area (Å²) in [4.78, 5) is 23.9. The van der Waals surface area contributed by atoms with E-state index < -0.39 is 5.91 Å². The number of nitroso groups, excluding NO2 is 1. The van der Waals surface area contributed by atoms with Crippen LogP contribution in [0.4, 0.5) is 0 Å². The summed E-state index contributed by atoms with van der Waals surface area (Å²) in [6.45, 7) is 0. The van der Waals surface area contributed by atoms with E-state index in [9.17, 15) is 9.70 Å². The van der Waals surface area contributed by atoms with Gasteiger partial charge in [-0.05, 0) is 12.1 Å².